The number of hydrogen-bond acceptors (Lipinski definition) is 3. The summed E-state index contributed by atoms with van der Waals surface area (Å²) in [6.45, 7) is 8.44. The summed E-state index contributed by atoms with van der Waals surface area (Å²) < 4.78 is 0. The largest absolute Gasteiger partial charge is 0.244 e. The van der Waals surface area contributed by atoms with Gasteiger partial charge < -0.3 is 0 Å². The van der Waals surface area contributed by atoms with Crippen molar-refractivity contribution in [2.75, 3.05) is 0 Å². The fourth-order valence-electron chi connectivity index (χ4n) is 0.855. The monoisotopic (exact) mass is 191 g/mol. The quantitative estimate of drug-likeness (QED) is 0.689. The maximum Gasteiger partial charge on any atom is 0.157 e. The summed E-state index contributed by atoms with van der Waals surface area (Å²) in [5.74, 6) is 0.765. The molecule has 14 heavy (non-hydrogen) atoms. The van der Waals surface area contributed by atoms with Gasteiger partial charge in [-0.05, 0) is 18.8 Å². The molecule has 76 valence electrons. The van der Waals surface area contributed by atoms with Crippen LogP contribution in [0.15, 0.2) is 17.5 Å². The molecule has 0 N–H and O–H groups in total. The number of aliphatic imine (C=N–C) groups is 1. The van der Waals surface area contributed by atoms with E-state index in [9.17, 15) is 0 Å². The zero-order chi connectivity index (χ0) is 10.6. The van der Waals surface area contributed by atoms with Crippen molar-refractivity contribution in [1.29, 1.82) is 0 Å². The summed E-state index contributed by atoms with van der Waals surface area (Å²) >= 11 is 0. The van der Waals surface area contributed by atoms with Gasteiger partial charge >= 0.3 is 0 Å². The smallest absolute Gasteiger partial charge is 0.157 e. The Bertz CT molecular complexity index is 329. The van der Waals surface area contributed by atoms with Gasteiger partial charge in [0.25, 0.3) is 0 Å². The Morgan fingerprint density at radius 2 is 2.21 bits per heavy atom. The number of nitrogens with zero attached hydrogens (tertiary/aromatic N) is 3. The lowest BCUT2D eigenvalue weighted by molar-refractivity contribution is 0.516. The van der Waals surface area contributed by atoms with Crippen LogP contribution in [0.1, 0.15) is 32.8 Å². The van der Waals surface area contributed by atoms with Crippen LogP contribution in [0.2, 0.25) is 0 Å². The number of aryl methyl sites for hydroxylation is 1. The van der Waals surface area contributed by atoms with Gasteiger partial charge in [0.15, 0.2) is 5.82 Å². The Morgan fingerprint density at radius 3 is 2.79 bits per heavy atom. The predicted octanol–water partition coefficient (Wildman–Crippen LogP) is 2.92. The van der Waals surface area contributed by atoms with Gasteiger partial charge in [0.1, 0.15) is 6.33 Å². The molecule has 0 aromatic carbocycles. The van der Waals surface area contributed by atoms with Crippen molar-refractivity contribution < 1.29 is 0 Å². The molecule has 0 aliphatic carbocycles. The van der Waals surface area contributed by atoms with Crippen LogP contribution >= 0.6 is 0 Å². The summed E-state index contributed by atoms with van der Waals surface area (Å²) in [6, 6.07) is 0. The third-order valence-electron chi connectivity index (χ3n) is 2.32. The Kier molecular flexibility index (Phi) is 3.33. The predicted molar refractivity (Wildman–Crippen MR) is 59.0 cm³/mol. The molecule has 1 rings (SSSR count). The van der Waals surface area contributed by atoms with E-state index in [1.807, 2.05) is 13.1 Å². The van der Waals surface area contributed by atoms with E-state index >= 15 is 0 Å². The van der Waals surface area contributed by atoms with Crippen LogP contribution in [-0.4, -0.2) is 16.2 Å². The molecule has 1 aromatic rings. The van der Waals surface area contributed by atoms with Crippen LogP contribution in [0.4, 0.5) is 5.82 Å². The molecule has 0 atom stereocenters. The molecule has 0 bridgehead atoms. The first kappa shape index (κ1) is 10.8. The lowest BCUT2D eigenvalue weighted by Crippen LogP contribution is -2.10. The van der Waals surface area contributed by atoms with Gasteiger partial charge in [-0.2, -0.15) is 0 Å². The van der Waals surface area contributed by atoms with Gasteiger partial charge in [0.05, 0.1) is 0 Å². The molecule has 0 aliphatic heterocycles. The summed E-state index contributed by atoms with van der Waals surface area (Å²) in [5, 5.41) is 0. The Balaban J connectivity index is 2.84. The first-order chi connectivity index (χ1) is 6.55. The maximum absolute atomic E-state index is 4.37. The van der Waals surface area contributed by atoms with Gasteiger partial charge in [0.2, 0.25) is 0 Å². The van der Waals surface area contributed by atoms with Crippen molar-refractivity contribution in [3.63, 3.8) is 0 Å². The second-order valence-electron chi connectivity index (χ2n) is 4.13. The van der Waals surface area contributed by atoms with Crippen LogP contribution in [0.3, 0.4) is 0 Å². The minimum Gasteiger partial charge on any atom is -0.244 e. The van der Waals surface area contributed by atoms with Crippen LogP contribution in [0.25, 0.3) is 0 Å². The first-order valence-electron chi connectivity index (χ1n) is 4.87. The summed E-state index contributed by atoms with van der Waals surface area (Å²) in [7, 11) is 0. The third kappa shape index (κ3) is 2.91. The van der Waals surface area contributed by atoms with E-state index in [4.69, 9.17) is 0 Å². The van der Waals surface area contributed by atoms with Gasteiger partial charge in [-0.25, -0.2) is 15.0 Å². The fourth-order valence-corrected chi connectivity index (χ4v) is 0.855. The molecule has 3 heteroatoms. The summed E-state index contributed by atoms with van der Waals surface area (Å²) in [5.41, 5.74) is 1.15. The Labute approximate surface area is 85.3 Å². The van der Waals surface area contributed by atoms with Crippen molar-refractivity contribution in [2.24, 2.45) is 10.4 Å². The van der Waals surface area contributed by atoms with Gasteiger partial charge in [-0.1, -0.05) is 20.8 Å². The molecule has 0 radical (unpaired) electrons. The molecule has 1 heterocycles. The lowest BCUT2D eigenvalue weighted by atomic mass is 9.92. The van der Waals surface area contributed by atoms with E-state index in [0.29, 0.717) is 0 Å². The van der Waals surface area contributed by atoms with E-state index in [-0.39, 0.29) is 5.41 Å². The highest BCUT2D eigenvalue weighted by atomic mass is 14.9. The standard InChI is InChI=1S/C11H17N3/c1-5-11(3,4)7-13-10-9(2)6-12-8-14-10/h6-8H,5H2,1-4H3. The van der Waals surface area contributed by atoms with E-state index in [0.717, 1.165) is 17.8 Å². The molecular weight excluding hydrogens is 174 g/mol. The van der Waals surface area contributed by atoms with Crippen molar-refractivity contribution in [2.45, 2.75) is 34.1 Å². The van der Waals surface area contributed by atoms with Gasteiger partial charge in [-0.15, -0.1) is 0 Å². The Hall–Kier alpha value is -1.25. The molecule has 0 aliphatic rings. The zero-order valence-electron chi connectivity index (χ0n) is 9.28. The second-order valence-corrected chi connectivity index (χ2v) is 4.13. The zero-order valence-corrected chi connectivity index (χ0v) is 9.28. The highest BCUT2D eigenvalue weighted by Crippen LogP contribution is 2.19. The molecular formula is C11H17N3. The van der Waals surface area contributed by atoms with E-state index in [2.05, 4.69) is 35.7 Å². The molecule has 0 unspecified atom stereocenters. The fraction of sp³-hybridized carbons (Fsp3) is 0.545. The molecule has 0 spiro atoms. The van der Waals surface area contributed by atoms with E-state index < -0.39 is 0 Å². The molecule has 0 amide bonds. The highest BCUT2D eigenvalue weighted by Gasteiger charge is 2.11. The van der Waals surface area contributed by atoms with E-state index in [1.54, 1.807) is 6.20 Å². The first-order valence-corrected chi connectivity index (χ1v) is 4.87. The molecule has 3 nitrogen and oxygen atoms in total. The number of hydrogen-bond donors (Lipinski definition) is 0. The molecule has 1 aromatic heterocycles. The van der Waals surface area contributed by atoms with Crippen molar-refractivity contribution in [3.8, 4) is 0 Å². The number of aromatic nitrogens is 2. The van der Waals surface area contributed by atoms with Gasteiger partial charge in [0, 0.05) is 18.0 Å². The van der Waals surface area contributed by atoms with E-state index in [1.165, 1.54) is 6.33 Å². The van der Waals surface area contributed by atoms with Crippen LogP contribution in [-0.2, 0) is 0 Å². The van der Waals surface area contributed by atoms with Crippen LogP contribution in [0.5, 0.6) is 0 Å². The topological polar surface area (TPSA) is 38.1 Å². The van der Waals surface area contributed by atoms with Crippen LogP contribution < -0.4 is 0 Å². The normalized spacial score (nSPS) is 12.3. The molecule has 0 fully saturated rings. The lowest BCUT2D eigenvalue weighted by Gasteiger charge is -2.15. The van der Waals surface area contributed by atoms with Crippen molar-refractivity contribution in [3.05, 3.63) is 18.1 Å². The third-order valence-corrected chi connectivity index (χ3v) is 2.32. The highest BCUT2D eigenvalue weighted by molar-refractivity contribution is 5.68. The molecule has 0 saturated carbocycles. The van der Waals surface area contributed by atoms with Crippen molar-refractivity contribution in [1.82, 2.24) is 9.97 Å². The second kappa shape index (κ2) is 4.31. The summed E-state index contributed by atoms with van der Waals surface area (Å²) in [6.07, 6.45) is 6.33. The van der Waals surface area contributed by atoms with Crippen LogP contribution in [0, 0.1) is 12.3 Å². The minimum absolute atomic E-state index is 0.136. The Morgan fingerprint density at radius 1 is 1.50 bits per heavy atom. The number of rotatable bonds is 3. The van der Waals surface area contributed by atoms with Crippen molar-refractivity contribution >= 4 is 12.0 Å². The average molecular weight is 191 g/mol. The molecule has 0 saturated heterocycles. The SMILES string of the molecule is CCC(C)(C)C=Nc1ncncc1C. The summed E-state index contributed by atoms with van der Waals surface area (Å²) in [4.78, 5) is 12.4. The average Bonchev–Trinajstić information content (AvgIpc) is 2.17. The maximum atomic E-state index is 4.37. The van der Waals surface area contributed by atoms with Gasteiger partial charge in [-0.3, -0.25) is 0 Å². The minimum atomic E-state index is 0.136.